The Morgan fingerprint density at radius 2 is 1.79 bits per heavy atom. The number of hydrogen-bond donors (Lipinski definition) is 1. The molecule has 1 unspecified atom stereocenters. The van der Waals surface area contributed by atoms with Crippen LogP contribution in [0.1, 0.15) is 24.1 Å². The van der Waals surface area contributed by atoms with E-state index in [0.29, 0.717) is 5.56 Å². The van der Waals surface area contributed by atoms with E-state index >= 15 is 0 Å². The Balaban J connectivity index is 2.36. The van der Waals surface area contributed by atoms with Crippen molar-refractivity contribution in [3.8, 4) is 0 Å². The summed E-state index contributed by atoms with van der Waals surface area (Å²) in [5, 5.41) is 3.35. The van der Waals surface area contributed by atoms with Crippen LogP contribution in [0.3, 0.4) is 0 Å². The molecule has 0 amide bonds. The summed E-state index contributed by atoms with van der Waals surface area (Å²) in [6.45, 7) is 2.83. The number of thioether (sulfide) groups is 1. The van der Waals surface area contributed by atoms with E-state index in [2.05, 4.69) is 29.6 Å². The standard InChI is InChI=1S/C16H18FNS/c1-3-18-16(14-6-4-5-7-15(14)17)12-8-10-13(19-2)11-9-12/h4-11,16,18H,3H2,1-2H3. The molecule has 1 N–H and O–H groups in total. The van der Waals surface area contributed by atoms with Gasteiger partial charge in [0.2, 0.25) is 0 Å². The van der Waals surface area contributed by atoms with E-state index < -0.39 is 0 Å². The van der Waals surface area contributed by atoms with Crippen molar-refractivity contribution >= 4 is 11.8 Å². The van der Waals surface area contributed by atoms with Crippen LogP contribution in [0, 0.1) is 5.82 Å². The molecule has 1 nitrogen and oxygen atoms in total. The lowest BCUT2D eigenvalue weighted by molar-refractivity contribution is 0.559. The molecule has 19 heavy (non-hydrogen) atoms. The number of rotatable bonds is 5. The zero-order valence-electron chi connectivity index (χ0n) is 11.2. The van der Waals surface area contributed by atoms with Crippen molar-refractivity contribution in [3.63, 3.8) is 0 Å². The van der Waals surface area contributed by atoms with Gasteiger partial charge in [0.05, 0.1) is 6.04 Å². The van der Waals surface area contributed by atoms with Gasteiger partial charge in [0, 0.05) is 10.5 Å². The summed E-state index contributed by atoms with van der Waals surface area (Å²) in [4.78, 5) is 1.22. The molecule has 2 aromatic rings. The maximum Gasteiger partial charge on any atom is 0.128 e. The second-order valence-corrected chi connectivity index (χ2v) is 5.17. The minimum atomic E-state index is -0.164. The lowest BCUT2D eigenvalue weighted by atomic mass is 9.98. The third-order valence-corrected chi connectivity index (χ3v) is 3.82. The Kier molecular flexibility index (Phi) is 5.00. The van der Waals surface area contributed by atoms with E-state index in [1.807, 2.05) is 25.3 Å². The van der Waals surface area contributed by atoms with Crippen molar-refractivity contribution < 1.29 is 4.39 Å². The van der Waals surface area contributed by atoms with E-state index in [9.17, 15) is 4.39 Å². The quantitative estimate of drug-likeness (QED) is 0.819. The summed E-state index contributed by atoms with van der Waals surface area (Å²) in [5.41, 5.74) is 1.78. The van der Waals surface area contributed by atoms with Crippen molar-refractivity contribution in [2.24, 2.45) is 0 Å². The molecule has 0 spiro atoms. The van der Waals surface area contributed by atoms with Crippen molar-refractivity contribution in [3.05, 3.63) is 65.5 Å². The van der Waals surface area contributed by atoms with Crippen molar-refractivity contribution in [1.82, 2.24) is 5.32 Å². The second kappa shape index (κ2) is 6.73. The minimum Gasteiger partial charge on any atom is -0.306 e. The molecule has 0 aliphatic rings. The number of hydrogen-bond acceptors (Lipinski definition) is 2. The van der Waals surface area contributed by atoms with E-state index in [1.165, 1.54) is 11.0 Å². The Bertz CT molecular complexity index is 525. The third kappa shape index (κ3) is 3.37. The van der Waals surface area contributed by atoms with Gasteiger partial charge in [-0.2, -0.15) is 0 Å². The van der Waals surface area contributed by atoms with Gasteiger partial charge < -0.3 is 5.32 Å². The molecule has 0 saturated heterocycles. The second-order valence-electron chi connectivity index (χ2n) is 4.29. The van der Waals surface area contributed by atoms with Gasteiger partial charge in [0.15, 0.2) is 0 Å². The number of benzene rings is 2. The topological polar surface area (TPSA) is 12.0 Å². The molecule has 0 saturated carbocycles. The fraction of sp³-hybridized carbons (Fsp3) is 0.250. The summed E-state index contributed by atoms with van der Waals surface area (Å²) in [6.07, 6.45) is 2.05. The highest BCUT2D eigenvalue weighted by molar-refractivity contribution is 7.98. The fourth-order valence-corrected chi connectivity index (χ4v) is 2.53. The number of halogens is 1. The first-order valence-corrected chi connectivity index (χ1v) is 7.60. The molecule has 0 aliphatic heterocycles. The summed E-state index contributed by atoms with van der Waals surface area (Å²) < 4.78 is 14.0. The van der Waals surface area contributed by atoms with Crippen molar-refractivity contribution in [2.75, 3.05) is 12.8 Å². The highest BCUT2D eigenvalue weighted by Crippen LogP contribution is 2.26. The van der Waals surface area contributed by atoms with Crippen molar-refractivity contribution in [1.29, 1.82) is 0 Å². The number of nitrogens with one attached hydrogen (secondary N) is 1. The van der Waals surface area contributed by atoms with Gasteiger partial charge in [-0.05, 0) is 36.6 Å². The molecular weight excluding hydrogens is 257 g/mol. The average molecular weight is 275 g/mol. The van der Waals surface area contributed by atoms with Gasteiger partial charge in [-0.25, -0.2) is 4.39 Å². The van der Waals surface area contributed by atoms with Gasteiger partial charge in [-0.15, -0.1) is 11.8 Å². The SMILES string of the molecule is CCNC(c1ccc(SC)cc1)c1ccccc1F. The first kappa shape index (κ1) is 14.1. The summed E-state index contributed by atoms with van der Waals surface area (Å²) >= 11 is 1.71. The van der Waals surface area contributed by atoms with E-state index in [0.717, 1.165) is 12.1 Å². The predicted molar refractivity (Wildman–Crippen MR) is 80.1 cm³/mol. The van der Waals surface area contributed by atoms with Crippen LogP contribution >= 0.6 is 11.8 Å². The third-order valence-electron chi connectivity index (χ3n) is 3.07. The van der Waals surface area contributed by atoms with Gasteiger partial charge >= 0.3 is 0 Å². The molecule has 3 heteroatoms. The van der Waals surface area contributed by atoms with Crippen LogP contribution in [0.25, 0.3) is 0 Å². The highest BCUT2D eigenvalue weighted by atomic mass is 32.2. The normalized spacial score (nSPS) is 12.4. The van der Waals surface area contributed by atoms with Crippen LogP contribution in [0.15, 0.2) is 53.4 Å². The molecule has 0 heterocycles. The molecule has 100 valence electrons. The largest absolute Gasteiger partial charge is 0.306 e. The minimum absolute atomic E-state index is 0.0953. The van der Waals surface area contributed by atoms with E-state index in [1.54, 1.807) is 17.8 Å². The molecule has 0 radical (unpaired) electrons. The van der Waals surface area contributed by atoms with E-state index in [4.69, 9.17) is 0 Å². The highest BCUT2D eigenvalue weighted by Gasteiger charge is 2.16. The lowest BCUT2D eigenvalue weighted by Gasteiger charge is -2.19. The van der Waals surface area contributed by atoms with Crippen LogP contribution in [0.2, 0.25) is 0 Å². The predicted octanol–water partition coefficient (Wildman–Crippen LogP) is 4.25. The first-order valence-electron chi connectivity index (χ1n) is 6.38. The molecule has 2 rings (SSSR count). The Labute approximate surface area is 118 Å². The van der Waals surface area contributed by atoms with Gasteiger partial charge in [-0.1, -0.05) is 37.3 Å². The van der Waals surface area contributed by atoms with Crippen LogP contribution in [-0.4, -0.2) is 12.8 Å². The maximum absolute atomic E-state index is 14.0. The maximum atomic E-state index is 14.0. The first-order chi connectivity index (χ1) is 9.26. The van der Waals surface area contributed by atoms with Crippen LogP contribution < -0.4 is 5.32 Å². The summed E-state index contributed by atoms with van der Waals surface area (Å²) in [7, 11) is 0. The van der Waals surface area contributed by atoms with Gasteiger partial charge in [0.1, 0.15) is 5.82 Å². The van der Waals surface area contributed by atoms with Crippen LogP contribution in [0.4, 0.5) is 4.39 Å². The molecular formula is C16H18FNS. The average Bonchev–Trinajstić information content (AvgIpc) is 2.46. The summed E-state index contributed by atoms with van der Waals surface area (Å²) in [6, 6.07) is 15.1. The molecule has 0 aliphatic carbocycles. The smallest absolute Gasteiger partial charge is 0.128 e. The van der Waals surface area contributed by atoms with Crippen LogP contribution in [-0.2, 0) is 0 Å². The monoisotopic (exact) mass is 275 g/mol. The molecule has 0 bridgehead atoms. The van der Waals surface area contributed by atoms with Crippen molar-refractivity contribution in [2.45, 2.75) is 17.9 Å². The zero-order chi connectivity index (χ0) is 13.7. The molecule has 2 aromatic carbocycles. The Morgan fingerprint density at radius 3 is 2.37 bits per heavy atom. The lowest BCUT2D eigenvalue weighted by Crippen LogP contribution is -2.22. The molecule has 0 fully saturated rings. The Morgan fingerprint density at radius 1 is 1.11 bits per heavy atom. The van der Waals surface area contributed by atoms with Crippen LogP contribution in [0.5, 0.6) is 0 Å². The van der Waals surface area contributed by atoms with E-state index in [-0.39, 0.29) is 11.9 Å². The fourth-order valence-electron chi connectivity index (χ4n) is 2.12. The summed E-state index contributed by atoms with van der Waals surface area (Å²) in [5.74, 6) is -0.164. The van der Waals surface area contributed by atoms with Gasteiger partial charge in [-0.3, -0.25) is 0 Å². The Hall–Kier alpha value is -1.32. The molecule has 0 aromatic heterocycles. The van der Waals surface area contributed by atoms with Gasteiger partial charge in [0.25, 0.3) is 0 Å². The zero-order valence-corrected chi connectivity index (χ0v) is 12.0. The molecule has 1 atom stereocenters.